The van der Waals surface area contributed by atoms with Gasteiger partial charge in [-0.25, -0.2) is 0 Å². The molecule has 29 heavy (non-hydrogen) atoms. The molecule has 0 fully saturated rings. The molecule has 0 radical (unpaired) electrons. The molecule has 0 spiro atoms. The lowest BCUT2D eigenvalue weighted by atomic mass is 10.2. The summed E-state index contributed by atoms with van der Waals surface area (Å²) in [6, 6.07) is 0.841. The number of aromatic nitrogens is 3. The van der Waals surface area contributed by atoms with E-state index in [9.17, 15) is 18.3 Å². The first-order valence-corrected chi connectivity index (χ1v) is 8.70. The van der Waals surface area contributed by atoms with Crippen LogP contribution in [-0.2, 0) is 0 Å². The van der Waals surface area contributed by atoms with Crippen LogP contribution in [0.5, 0.6) is 11.9 Å². The molecule has 0 saturated carbocycles. The Hall–Kier alpha value is -2.95. The first-order valence-electron chi connectivity index (χ1n) is 8.70. The van der Waals surface area contributed by atoms with Crippen LogP contribution < -0.4 is 4.74 Å². The highest BCUT2D eigenvalue weighted by atomic mass is 19.4. The van der Waals surface area contributed by atoms with Crippen molar-refractivity contribution in [1.82, 2.24) is 24.8 Å². The highest BCUT2D eigenvalue weighted by Gasteiger charge is 2.29. The first kappa shape index (κ1) is 22.3. The molecule has 0 saturated heterocycles. The SMILES string of the molecule is C=N/C(=C\N(C)CCCN(C)C)c1nccc2c(O)nc(OCC(F)(F)F)nc12. The zero-order valence-corrected chi connectivity index (χ0v) is 16.4. The van der Waals surface area contributed by atoms with Gasteiger partial charge in [-0.2, -0.15) is 23.1 Å². The Morgan fingerprint density at radius 1 is 1.28 bits per heavy atom. The van der Waals surface area contributed by atoms with E-state index in [2.05, 4.69) is 36.3 Å². The minimum atomic E-state index is -4.56. The summed E-state index contributed by atoms with van der Waals surface area (Å²) in [5.74, 6) is -0.515. The molecular formula is C18H23F3N6O2. The molecule has 0 aliphatic heterocycles. The van der Waals surface area contributed by atoms with Crippen LogP contribution in [0.3, 0.4) is 0 Å². The van der Waals surface area contributed by atoms with Crippen molar-refractivity contribution in [2.24, 2.45) is 4.99 Å². The van der Waals surface area contributed by atoms with E-state index in [1.54, 1.807) is 6.20 Å². The third-order valence-corrected chi connectivity index (χ3v) is 3.81. The topological polar surface area (TPSA) is 87.0 Å². The predicted molar refractivity (Wildman–Crippen MR) is 104 cm³/mol. The van der Waals surface area contributed by atoms with Gasteiger partial charge in [-0.05, 0) is 39.8 Å². The molecule has 0 aliphatic rings. The van der Waals surface area contributed by atoms with Crippen LogP contribution in [-0.4, -0.2) is 83.6 Å². The predicted octanol–water partition coefficient (Wildman–Crippen LogP) is 2.55. The summed E-state index contributed by atoms with van der Waals surface area (Å²) in [6.07, 6.45) is -0.525. The van der Waals surface area contributed by atoms with Crippen molar-refractivity contribution in [2.75, 3.05) is 40.8 Å². The van der Waals surface area contributed by atoms with Gasteiger partial charge < -0.3 is 19.6 Å². The molecule has 0 unspecified atom stereocenters. The Bertz CT molecular complexity index is 886. The number of ether oxygens (including phenoxy) is 1. The number of aromatic hydroxyl groups is 1. The molecule has 0 aromatic carbocycles. The van der Waals surface area contributed by atoms with E-state index in [-0.39, 0.29) is 16.6 Å². The summed E-state index contributed by atoms with van der Waals surface area (Å²) in [7, 11) is 5.82. The molecule has 2 aromatic rings. The maximum atomic E-state index is 12.4. The third kappa shape index (κ3) is 6.56. The molecule has 2 aromatic heterocycles. The van der Waals surface area contributed by atoms with Crippen LogP contribution in [0.15, 0.2) is 23.5 Å². The van der Waals surface area contributed by atoms with E-state index < -0.39 is 24.7 Å². The molecule has 0 amide bonds. The minimum absolute atomic E-state index is 0.109. The summed E-state index contributed by atoms with van der Waals surface area (Å²) in [5.41, 5.74) is 0.701. The standard InChI is InChI=1S/C18H23F3N6O2/c1-22-13(10-27(4)9-5-8-26(2)3)15-14-12(6-7-23-15)16(28)25-17(24-14)29-11-18(19,20)21/h6-7,10H,1,5,8-9,11H2,2-4H3,(H,24,25,28)/b13-10-. The van der Waals surface area contributed by atoms with E-state index in [1.807, 2.05) is 26.0 Å². The van der Waals surface area contributed by atoms with Gasteiger partial charge in [0.15, 0.2) is 6.61 Å². The van der Waals surface area contributed by atoms with Crippen LogP contribution in [0.25, 0.3) is 16.6 Å². The van der Waals surface area contributed by atoms with Gasteiger partial charge in [-0.3, -0.25) is 9.98 Å². The zero-order chi connectivity index (χ0) is 21.6. The lowest BCUT2D eigenvalue weighted by molar-refractivity contribution is -0.154. The second-order valence-electron chi connectivity index (χ2n) is 6.60. The number of aliphatic imine (C=N–C) groups is 1. The molecule has 2 rings (SSSR count). The van der Waals surface area contributed by atoms with Gasteiger partial charge in [0.05, 0.1) is 5.39 Å². The van der Waals surface area contributed by atoms with E-state index in [4.69, 9.17) is 0 Å². The highest BCUT2D eigenvalue weighted by molar-refractivity contribution is 5.92. The molecule has 0 bridgehead atoms. The Morgan fingerprint density at radius 2 is 2.00 bits per heavy atom. The van der Waals surface area contributed by atoms with E-state index >= 15 is 0 Å². The van der Waals surface area contributed by atoms with Gasteiger partial charge in [-0.15, -0.1) is 0 Å². The van der Waals surface area contributed by atoms with Gasteiger partial charge >= 0.3 is 12.2 Å². The quantitative estimate of drug-likeness (QED) is 0.634. The van der Waals surface area contributed by atoms with Gasteiger partial charge in [0.2, 0.25) is 5.88 Å². The molecule has 2 heterocycles. The van der Waals surface area contributed by atoms with Gasteiger partial charge in [-0.1, -0.05) is 0 Å². The summed E-state index contributed by atoms with van der Waals surface area (Å²) in [5, 5.41) is 10.3. The van der Waals surface area contributed by atoms with Crippen molar-refractivity contribution in [3.63, 3.8) is 0 Å². The average molecular weight is 412 g/mol. The van der Waals surface area contributed by atoms with Gasteiger partial charge in [0, 0.05) is 26.0 Å². The number of halogens is 3. The Labute approximate surface area is 166 Å². The van der Waals surface area contributed by atoms with Crippen LogP contribution in [0, 0.1) is 0 Å². The molecule has 11 heteroatoms. The Kier molecular flexibility index (Phi) is 7.32. The lowest BCUT2D eigenvalue weighted by Crippen LogP contribution is -2.20. The van der Waals surface area contributed by atoms with Crippen LogP contribution in [0.4, 0.5) is 13.2 Å². The fourth-order valence-corrected chi connectivity index (χ4v) is 2.50. The molecule has 0 atom stereocenters. The number of pyridine rings is 1. The van der Waals surface area contributed by atoms with Crippen molar-refractivity contribution >= 4 is 23.3 Å². The molecular weight excluding hydrogens is 389 g/mol. The maximum absolute atomic E-state index is 12.4. The molecule has 158 valence electrons. The normalized spacial score (nSPS) is 12.4. The molecule has 8 nitrogen and oxygen atoms in total. The van der Waals surface area contributed by atoms with Gasteiger partial charge in [0.25, 0.3) is 0 Å². The van der Waals surface area contributed by atoms with Crippen molar-refractivity contribution in [3.8, 4) is 11.9 Å². The van der Waals surface area contributed by atoms with Crippen LogP contribution in [0.1, 0.15) is 12.1 Å². The summed E-state index contributed by atoms with van der Waals surface area (Å²) in [6.45, 7) is 3.60. The van der Waals surface area contributed by atoms with Crippen molar-refractivity contribution < 1.29 is 23.0 Å². The third-order valence-electron chi connectivity index (χ3n) is 3.81. The van der Waals surface area contributed by atoms with Crippen LogP contribution >= 0.6 is 0 Å². The summed E-state index contributed by atoms with van der Waals surface area (Å²) in [4.78, 5) is 19.7. The van der Waals surface area contributed by atoms with Crippen LogP contribution in [0.2, 0.25) is 0 Å². The zero-order valence-electron chi connectivity index (χ0n) is 16.4. The fourth-order valence-electron chi connectivity index (χ4n) is 2.50. The minimum Gasteiger partial charge on any atom is -0.493 e. The Balaban J connectivity index is 2.37. The average Bonchev–Trinajstić information content (AvgIpc) is 2.63. The van der Waals surface area contributed by atoms with Gasteiger partial charge in [0.1, 0.15) is 16.9 Å². The maximum Gasteiger partial charge on any atom is 0.422 e. The highest BCUT2D eigenvalue weighted by Crippen LogP contribution is 2.29. The summed E-state index contributed by atoms with van der Waals surface area (Å²) < 4.78 is 41.8. The van der Waals surface area contributed by atoms with Crippen molar-refractivity contribution in [2.45, 2.75) is 12.6 Å². The monoisotopic (exact) mass is 412 g/mol. The van der Waals surface area contributed by atoms with E-state index in [0.29, 0.717) is 5.70 Å². The molecule has 1 N–H and O–H groups in total. The smallest absolute Gasteiger partial charge is 0.422 e. The van der Waals surface area contributed by atoms with E-state index in [1.165, 1.54) is 12.3 Å². The fraction of sp³-hybridized carbons (Fsp3) is 0.444. The number of nitrogens with zero attached hydrogens (tertiary/aromatic N) is 6. The van der Waals surface area contributed by atoms with Crippen molar-refractivity contribution in [1.29, 1.82) is 0 Å². The number of hydrogen-bond donors (Lipinski definition) is 1. The number of hydrogen-bond acceptors (Lipinski definition) is 8. The number of fused-ring (bicyclic) bond motifs is 1. The second kappa shape index (κ2) is 9.50. The summed E-state index contributed by atoms with van der Waals surface area (Å²) >= 11 is 0. The Morgan fingerprint density at radius 3 is 2.62 bits per heavy atom. The lowest BCUT2D eigenvalue weighted by Gasteiger charge is -2.17. The molecule has 0 aliphatic carbocycles. The van der Waals surface area contributed by atoms with E-state index in [0.717, 1.165) is 19.5 Å². The first-order chi connectivity index (χ1) is 13.6. The number of alkyl halides is 3. The second-order valence-corrected chi connectivity index (χ2v) is 6.60. The largest absolute Gasteiger partial charge is 0.493 e. The number of rotatable bonds is 9. The van der Waals surface area contributed by atoms with Crippen molar-refractivity contribution in [3.05, 3.63) is 24.2 Å².